The largest absolute Gasteiger partial charge is 0.494 e. The SMILES string of the molecule is CCOc1ccc(N(CC(=O)N(Cc2cccc(Br)c2)[C@@H](C)C(=O)N[C@H](C)CC)S(=O)(=O)c2ccc(Cl)cc2)cc1. The number of halogens is 2. The summed E-state index contributed by atoms with van der Waals surface area (Å²) in [5.41, 5.74) is 1.06. The lowest BCUT2D eigenvalue weighted by Gasteiger charge is -2.32. The third-order valence-corrected chi connectivity index (χ3v) is 9.06. The smallest absolute Gasteiger partial charge is 0.264 e. The first-order chi connectivity index (χ1) is 19.5. The maximum absolute atomic E-state index is 14.0. The molecule has 0 aromatic heterocycles. The highest BCUT2D eigenvalue weighted by Gasteiger charge is 2.33. The van der Waals surface area contributed by atoms with Crippen LogP contribution in [0, 0.1) is 0 Å². The van der Waals surface area contributed by atoms with Gasteiger partial charge in [-0.05, 0) is 93.4 Å². The number of amides is 2. The Balaban J connectivity index is 2.03. The molecule has 3 aromatic rings. The summed E-state index contributed by atoms with van der Waals surface area (Å²) in [6.07, 6.45) is 0.725. The average Bonchev–Trinajstić information content (AvgIpc) is 2.95. The van der Waals surface area contributed by atoms with Crippen LogP contribution in [0.15, 0.2) is 82.2 Å². The van der Waals surface area contributed by atoms with Crippen LogP contribution in [-0.2, 0) is 26.2 Å². The van der Waals surface area contributed by atoms with Crippen molar-refractivity contribution in [3.63, 3.8) is 0 Å². The van der Waals surface area contributed by atoms with Gasteiger partial charge in [-0.1, -0.05) is 46.6 Å². The highest BCUT2D eigenvalue weighted by molar-refractivity contribution is 9.10. The van der Waals surface area contributed by atoms with Crippen LogP contribution in [0.25, 0.3) is 0 Å². The number of benzene rings is 3. The molecule has 0 bridgehead atoms. The molecule has 0 aliphatic rings. The minimum atomic E-state index is -4.19. The summed E-state index contributed by atoms with van der Waals surface area (Å²) in [6.45, 7) is 7.35. The van der Waals surface area contributed by atoms with Gasteiger partial charge in [0.05, 0.1) is 17.2 Å². The third kappa shape index (κ3) is 8.70. The molecule has 2 atom stereocenters. The van der Waals surface area contributed by atoms with E-state index in [-0.39, 0.29) is 29.1 Å². The molecule has 0 heterocycles. The number of ether oxygens (including phenoxy) is 1. The monoisotopic (exact) mass is 663 g/mol. The van der Waals surface area contributed by atoms with Gasteiger partial charge in [0.15, 0.2) is 0 Å². The molecule has 0 saturated carbocycles. The van der Waals surface area contributed by atoms with Crippen molar-refractivity contribution in [1.29, 1.82) is 0 Å². The lowest BCUT2D eigenvalue weighted by atomic mass is 10.1. The molecule has 220 valence electrons. The fraction of sp³-hybridized carbons (Fsp3) is 0.333. The van der Waals surface area contributed by atoms with E-state index >= 15 is 0 Å². The molecule has 41 heavy (non-hydrogen) atoms. The minimum absolute atomic E-state index is 0.0234. The van der Waals surface area contributed by atoms with Gasteiger partial charge in [-0.3, -0.25) is 13.9 Å². The van der Waals surface area contributed by atoms with E-state index in [4.69, 9.17) is 16.3 Å². The topological polar surface area (TPSA) is 96.0 Å². The van der Waals surface area contributed by atoms with E-state index in [1.165, 1.54) is 29.2 Å². The molecule has 2 amide bonds. The molecule has 0 fully saturated rings. The first-order valence-corrected chi connectivity index (χ1v) is 15.9. The van der Waals surface area contributed by atoms with E-state index in [9.17, 15) is 18.0 Å². The number of anilines is 1. The molecule has 0 spiro atoms. The van der Waals surface area contributed by atoms with Gasteiger partial charge in [-0.15, -0.1) is 0 Å². The minimum Gasteiger partial charge on any atom is -0.494 e. The molecule has 3 rings (SSSR count). The number of rotatable bonds is 13. The standard InChI is InChI=1S/C30H35BrClN3O5S/c1-5-21(3)33-30(37)22(4)34(19-23-8-7-9-24(31)18-23)29(36)20-35(26-12-14-27(15-13-26)40-6-2)41(38,39)28-16-10-25(32)11-17-28/h7-18,21-22H,5-6,19-20H2,1-4H3,(H,33,37)/t21-,22+/m1/s1. The van der Waals surface area contributed by atoms with E-state index in [0.717, 1.165) is 20.8 Å². The fourth-order valence-corrected chi connectivity index (χ4v) is 6.00. The van der Waals surface area contributed by atoms with E-state index in [1.807, 2.05) is 45.0 Å². The lowest BCUT2D eigenvalue weighted by Crippen LogP contribution is -2.52. The number of nitrogens with one attached hydrogen (secondary N) is 1. The number of nitrogens with zero attached hydrogens (tertiary/aromatic N) is 2. The Labute approximate surface area is 255 Å². The van der Waals surface area contributed by atoms with Crippen LogP contribution >= 0.6 is 27.5 Å². The second kappa shape index (κ2) is 14.7. The van der Waals surface area contributed by atoms with Gasteiger partial charge in [0.1, 0.15) is 18.3 Å². The summed E-state index contributed by atoms with van der Waals surface area (Å²) in [5.74, 6) is -0.294. The quantitative estimate of drug-likeness (QED) is 0.241. The molecule has 0 aliphatic carbocycles. The van der Waals surface area contributed by atoms with E-state index in [2.05, 4.69) is 21.2 Å². The van der Waals surface area contributed by atoms with Gasteiger partial charge < -0.3 is 15.0 Å². The van der Waals surface area contributed by atoms with Crippen molar-refractivity contribution in [3.05, 3.63) is 87.9 Å². The number of carbonyl (C=O) groups excluding carboxylic acids is 2. The van der Waals surface area contributed by atoms with Gasteiger partial charge in [0.2, 0.25) is 11.8 Å². The normalized spacial score (nSPS) is 12.7. The van der Waals surface area contributed by atoms with Crippen molar-refractivity contribution in [3.8, 4) is 5.75 Å². The summed E-state index contributed by atoms with van der Waals surface area (Å²) in [6, 6.07) is 18.7. The average molecular weight is 665 g/mol. The zero-order valence-corrected chi connectivity index (χ0v) is 26.7. The van der Waals surface area contributed by atoms with E-state index < -0.39 is 28.5 Å². The highest BCUT2D eigenvalue weighted by Crippen LogP contribution is 2.27. The van der Waals surface area contributed by atoms with Gasteiger partial charge in [0, 0.05) is 22.1 Å². The summed E-state index contributed by atoms with van der Waals surface area (Å²) >= 11 is 9.46. The molecule has 0 radical (unpaired) electrons. The Morgan fingerprint density at radius 2 is 1.66 bits per heavy atom. The van der Waals surface area contributed by atoms with Crippen LogP contribution in [0.2, 0.25) is 5.02 Å². The predicted molar refractivity (Wildman–Crippen MR) is 166 cm³/mol. The molecule has 3 aromatic carbocycles. The first kappa shape index (κ1) is 32.4. The number of sulfonamides is 1. The molecule has 1 N–H and O–H groups in total. The zero-order chi connectivity index (χ0) is 30.2. The van der Waals surface area contributed by atoms with Crippen molar-refractivity contribution < 1.29 is 22.7 Å². The van der Waals surface area contributed by atoms with E-state index in [1.54, 1.807) is 31.2 Å². The Morgan fingerprint density at radius 3 is 2.24 bits per heavy atom. The predicted octanol–water partition coefficient (Wildman–Crippen LogP) is 6.03. The van der Waals surface area contributed by atoms with Crippen LogP contribution < -0.4 is 14.4 Å². The second-order valence-corrected chi connectivity index (χ2v) is 12.8. The van der Waals surface area contributed by atoms with Crippen molar-refractivity contribution in [1.82, 2.24) is 10.2 Å². The Hall–Kier alpha value is -3.08. The van der Waals surface area contributed by atoms with Crippen LogP contribution in [-0.4, -0.2) is 50.4 Å². The molecule has 0 saturated heterocycles. The van der Waals surface area contributed by atoms with Crippen molar-refractivity contribution in [2.24, 2.45) is 0 Å². The maximum Gasteiger partial charge on any atom is 0.264 e. The summed E-state index contributed by atoms with van der Waals surface area (Å²) in [7, 11) is -4.19. The summed E-state index contributed by atoms with van der Waals surface area (Å²) in [5, 5.41) is 3.31. The van der Waals surface area contributed by atoms with Crippen LogP contribution in [0.4, 0.5) is 5.69 Å². The Kier molecular flexibility index (Phi) is 11.6. The Morgan fingerprint density at radius 1 is 1.00 bits per heavy atom. The first-order valence-electron chi connectivity index (χ1n) is 13.3. The van der Waals surface area contributed by atoms with Gasteiger partial charge in [0.25, 0.3) is 10.0 Å². The lowest BCUT2D eigenvalue weighted by molar-refractivity contribution is -0.139. The number of hydrogen-bond acceptors (Lipinski definition) is 5. The number of hydrogen-bond donors (Lipinski definition) is 1. The molecule has 8 nitrogen and oxygen atoms in total. The summed E-state index contributed by atoms with van der Waals surface area (Å²) < 4.78 is 35.2. The van der Waals surface area contributed by atoms with Crippen LogP contribution in [0.1, 0.15) is 39.7 Å². The van der Waals surface area contributed by atoms with E-state index in [0.29, 0.717) is 17.4 Å². The maximum atomic E-state index is 14.0. The van der Waals surface area contributed by atoms with Crippen molar-refractivity contribution in [2.75, 3.05) is 17.5 Å². The Bertz CT molecular complexity index is 1440. The molecule has 11 heteroatoms. The zero-order valence-electron chi connectivity index (χ0n) is 23.5. The van der Waals surface area contributed by atoms with Crippen molar-refractivity contribution >= 4 is 55.1 Å². The van der Waals surface area contributed by atoms with Gasteiger partial charge in [-0.25, -0.2) is 8.42 Å². The van der Waals surface area contributed by atoms with Gasteiger partial charge >= 0.3 is 0 Å². The molecular weight excluding hydrogens is 630 g/mol. The second-order valence-electron chi connectivity index (χ2n) is 9.54. The fourth-order valence-electron chi connectivity index (χ4n) is 4.02. The number of carbonyl (C=O) groups is 2. The highest BCUT2D eigenvalue weighted by atomic mass is 79.9. The molecule has 0 unspecified atom stereocenters. The molecule has 0 aliphatic heterocycles. The third-order valence-electron chi connectivity index (χ3n) is 6.53. The molecular formula is C30H35BrClN3O5S. The van der Waals surface area contributed by atoms with Crippen LogP contribution in [0.3, 0.4) is 0 Å². The summed E-state index contributed by atoms with van der Waals surface area (Å²) in [4.78, 5) is 28.5. The van der Waals surface area contributed by atoms with Crippen molar-refractivity contribution in [2.45, 2.75) is 57.6 Å². The van der Waals surface area contributed by atoms with Gasteiger partial charge in [-0.2, -0.15) is 0 Å². The van der Waals surface area contributed by atoms with Crippen LogP contribution in [0.5, 0.6) is 5.75 Å².